The van der Waals surface area contributed by atoms with E-state index in [-0.39, 0.29) is 18.5 Å². The molecule has 1 saturated carbocycles. The lowest BCUT2D eigenvalue weighted by Crippen LogP contribution is -2.23. The summed E-state index contributed by atoms with van der Waals surface area (Å²) in [6.07, 6.45) is 8.77. The molecule has 1 fully saturated rings. The molecule has 1 unspecified atom stereocenters. The summed E-state index contributed by atoms with van der Waals surface area (Å²) in [7, 11) is 0. The second-order valence-electron chi connectivity index (χ2n) is 6.34. The Morgan fingerprint density at radius 1 is 1.30 bits per heavy atom. The third kappa shape index (κ3) is 6.08. The van der Waals surface area contributed by atoms with Crippen molar-refractivity contribution in [1.29, 1.82) is 0 Å². The Kier molecular flexibility index (Phi) is 7.90. The number of rotatable bonds is 8. The summed E-state index contributed by atoms with van der Waals surface area (Å²) in [6.45, 7) is 7.87. The van der Waals surface area contributed by atoms with Crippen LogP contribution in [-0.4, -0.2) is 24.3 Å². The van der Waals surface area contributed by atoms with Gasteiger partial charge in [-0.25, -0.2) is 4.79 Å². The number of hydrogen-bond donors (Lipinski definition) is 1. The van der Waals surface area contributed by atoms with Gasteiger partial charge in [-0.15, -0.1) is 0 Å². The van der Waals surface area contributed by atoms with E-state index in [1.807, 2.05) is 0 Å². The molecule has 1 aliphatic carbocycles. The van der Waals surface area contributed by atoms with Crippen LogP contribution in [0.3, 0.4) is 0 Å². The molecule has 0 aromatic rings. The fourth-order valence-electron chi connectivity index (χ4n) is 3.15. The van der Waals surface area contributed by atoms with Gasteiger partial charge in [-0.2, -0.15) is 0 Å². The normalized spacial score (nSPS) is 24.1. The molecule has 3 nitrogen and oxygen atoms in total. The second kappa shape index (κ2) is 9.17. The smallest absolute Gasteiger partial charge is 0.333 e. The SMILES string of the molecule is C=C(C)C(=O)OCC(CO)CC1CCC(CCC)CC1. The van der Waals surface area contributed by atoms with E-state index in [1.165, 1.54) is 38.5 Å². The van der Waals surface area contributed by atoms with Gasteiger partial charge in [-0.05, 0) is 25.2 Å². The van der Waals surface area contributed by atoms with Gasteiger partial charge in [0.15, 0.2) is 0 Å². The molecule has 0 spiro atoms. The van der Waals surface area contributed by atoms with Crippen LogP contribution in [0.1, 0.15) is 58.8 Å². The zero-order valence-electron chi connectivity index (χ0n) is 13.1. The Balaban J connectivity index is 2.27. The fraction of sp³-hybridized carbons (Fsp3) is 0.824. The predicted octanol–water partition coefficient (Wildman–Crippen LogP) is 3.71. The topological polar surface area (TPSA) is 46.5 Å². The van der Waals surface area contributed by atoms with Crippen LogP contribution < -0.4 is 0 Å². The Hall–Kier alpha value is -0.830. The zero-order chi connectivity index (χ0) is 15.0. The number of esters is 1. The van der Waals surface area contributed by atoms with Gasteiger partial charge in [0, 0.05) is 18.1 Å². The molecule has 20 heavy (non-hydrogen) atoms. The van der Waals surface area contributed by atoms with Crippen LogP contribution in [0.2, 0.25) is 0 Å². The summed E-state index contributed by atoms with van der Waals surface area (Å²) in [4.78, 5) is 11.4. The molecule has 0 aromatic heterocycles. The quantitative estimate of drug-likeness (QED) is 0.545. The first kappa shape index (κ1) is 17.2. The lowest BCUT2D eigenvalue weighted by Gasteiger charge is -2.30. The highest BCUT2D eigenvalue weighted by Gasteiger charge is 2.23. The van der Waals surface area contributed by atoms with E-state index >= 15 is 0 Å². The highest BCUT2D eigenvalue weighted by atomic mass is 16.5. The Labute approximate surface area is 123 Å². The van der Waals surface area contributed by atoms with Gasteiger partial charge in [-0.1, -0.05) is 52.0 Å². The van der Waals surface area contributed by atoms with E-state index in [4.69, 9.17) is 4.74 Å². The molecule has 0 bridgehead atoms. The summed E-state index contributed by atoms with van der Waals surface area (Å²) in [6, 6.07) is 0. The summed E-state index contributed by atoms with van der Waals surface area (Å²) in [5, 5.41) is 9.43. The number of ether oxygens (including phenoxy) is 1. The molecular weight excluding hydrogens is 252 g/mol. The van der Waals surface area contributed by atoms with Gasteiger partial charge in [0.2, 0.25) is 0 Å². The van der Waals surface area contributed by atoms with Crippen molar-refractivity contribution in [1.82, 2.24) is 0 Å². The minimum atomic E-state index is -0.352. The molecule has 0 radical (unpaired) electrons. The molecule has 1 aliphatic rings. The molecule has 0 aromatic carbocycles. The van der Waals surface area contributed by atoms with Crippen molar-refractivity contribution < 1.29 is 14.6 Å². The maximum Gasteiger partial charge on any atom is 0.333 e. The van der Waals surface area contributed by atoms with E-state index in [0.717, 1.165) is 12.3 Å². The fourth-order valence-corrected chi connectivity index (χ4v) is 3.15. The van der Waals surface area contributed by atoms with Crippen LogP contribution in [0.5, 0.6) is 0 Å². The first-order valence-electron chi connectivity index (χ1n) is 8.00. The zero-order valence-corrected chi connectivity index (χ0v) is 13.1. The summed E-state index contributed by atoms with van der Waals surface area (Å²) in [5.41, 5.74) is 0.418. The minimum absolute atomic E-state index is 0.0750. The molecule has 0 amide bonds. The minimum Gasteiger partial charge on any atom is -0.462 e. The number of aliphatic hydroxyl groups is 1. The van der Waals surface area contributed by atoms with Crippen LogP contribution >= 0.6 is 0 Å². The Morgan fingerprint density at radius 2 is 1.90 bits per heavy atom. The maximum atomic E-state index is 11.4. The molecule has 1 N–H and O–H groups in total. The average molecular weight is 282 g/mol. The van der Waals surface area contributed by atoms with Crippen LogP contribution in [0.15, 0.2) is 12.2 Å². The predicted molar refractivity (Wildman–Crippen MR) is 81.3 cm³/mol. The van der Waals surface area contributed by atoms with Crippen molar-refractivity contribution in [2.75, 3.05) is 13.2 Å². The average Bonchev–Trinajstić information content (AvgIpc) is 2.45. The van der Waals surface area contributed by atoms with Crippen molar-refractivity contribution >= 4 is 5.97 Å². The van der Waals surface area contributed by atoms with Crippen LogP contribution in [0, 0.1) is 17.8 Å². The Bertz CT molecular complexity index is 303. The monoisotopic (exact) mass is 282 g/mol. The van der Waals surface area contributed by atoms with Crippen LogP contribution in [-0.2, 0) is 9.53 Å². The lowest BCUT2D eigenvalue weighted by atomic mass is 9.77. The maximum absolute atomic E-state index is 11.4. The lowest BCUT2D eigenvalue weighted by molar-refractivity contribution is -0.140. The van der Waals surface area contributed by atoms with E-state index < -0.39 is 0 Å². The number of hydrogen-bond acceptors (Lipinski definition) is 3. The number of carbonyl (C=O) groups excluding carboxylic acids is 1. The van der Waals surface area contributed by atoms with Gasteiger partial charge in [-0.3, -0.25) is 0 Å². The van der Waals surface area contributed by atoms with Gasteiger partial charge < -0.3 is 9.84 Å². The van der Waals surface area contributed by atoms with Crippen LogP contribution in [0.4, 0.5) is 0 Å². The highest BCUT2D eigenvalue weighted by Crippen LogP contribution is 2.34. The van der Waals surface area contributed by atoms with Gasteiger partial charge in [0.25, 0.3) is 0 Å². The largest absolute Gasteiger partial charge is 0.462 e. The molecule has 3 heteroatoms. The first-order valence-corrected chi connectivity index (χ1v) is 8.00. The number of aliphatic hydroxyl groups excluding tert-OH is 1. The number of carbonyl (C=O) groups is 1. The molecular formula is C17H30O3. The first-order chi connectivity index (χ1) is 9.56. The summed E-state index contributed by atoms with van der Waals surface area (Å²) in [5.74, 6) is 1.31. The second-order valence-corrected chi connectivity index (χ2v) is 6.34. The van der Waals surface area contributed by atoms with Crippen molar-refractivity contribution in [3.8, 4) is 0 Å². The summed E-state index contributed by atoms with van der Waals surface area (Å²) >= 11 is 0. The highest BCUT2D eigenvalue weighted by molar-refractivity contribution is 5.86. The summed E-state index contributed by atoms with van der Waals surface area (Å²) < 4.78 is 5.16. The van der Waals surface area contributed by atoms with E-state index in [2.05, 4.69) is 13.5 Å². The standard InChI is InChI=1S/C17H30O3/c1-4-5-14-6-8-15(9-7-14)10-16(11-18)12-20-17(19)13(2)3/h14-16,18H,2,4-12H2,1,3H3. The molecule has 116 valence electrons. The third-order valence-electron chi connectivity index (χ3n) is 4.39. The molecule has 0 heterocycles. The van der Waals surface area contributed by atoms with Gasteiger partial charge in [0.05, 0.1) is 6.61 Å². The molecule has 0 aliphatic heterocycles. The van der Waals surface area contributed by atoms with Gasteiger partial charge >= 0.3 is 5.97 Å². The van der Waals surface area contributed by atoms with E-state index in [9.17, 15) is 9.90 Å². The van der Waals surface area contributed by atoms with Crippen molar-refractivity contribution in [2.24, 2.45) is 17.8 Å². The van der Waals surface area contributed by atoms with Gasteiger partial charge in [0.1, 0.15) is 0 Å². The Morgan fingerprint density at radius 3 is 2.40 bits per heavy atom. The molecule has 0 saturated heterocycles. The molecule has 1 rings (SSSR count). The van der Waals surface area contributed by atoms with Crippen molar-refractivity contribution in [3.05, 3.63) is 12.2 Å². The third-order valence-corrected chi connectivity index (χ3v) is 4.39. The van der Waals surface area contributed by atoms with E-state index in [0.29, 0.717) is 18.1 Å². The van der Waals surface area contributed by atoms with Crippen molar-refractivity contribution in [3.63, 3.8) is 0 Å². The van der Waals surface area contributed by atoms with Crippen LogP contribution in [0.25, 0.3) is 0 Å². The molecule has 1 atom stereocenters. The van der Waals surface area contributed by atoms with Crippen molar-refractivity contribution in [2.45, 2.75) is 58.8 Å². The van der Waals surface area contributed by atoms with E-state index in [1.54, 1.807) is 6.92 Å².